The summed E-state index contributed by atoms with van der Waals surface area (Å²) in [6.45, 7) is 4.02. The molecule has 0 amide bonds. The first-order valence-electron chi connectivity index (χ1n) is 5.74. The number of benzene rings is 1. The monoisotopic (exact) mass is 330 g/mol. The predicted molar refractivity (Wildman–Crippen MR) is 75.8 cm³/mol. The number of nitrogens with one attached hydrogen (secondary N) is 1. The van der Waals surface area contributed by atoms with Crippen molar-refractivity contribution in [1.82, 2.24) is 4.72 Å². The van der Waals surface area contributed by atoms with Gasteiger partial charge >= 0.3 is 0 Å². The van der Waals surface area contributed by atoms with Crippen LogP contribution in [0.3, 0.4) is 0 Å². The van der Waals surface area contributed by atoms with Crippen LogP contribution in [-0.2, 0) is 10.0 Å². The van der Waals surface area contributed by atoms with Crippen molar-refractivity contribution in [3.05, 3.63) is 29.8 Å². The van der Waals surface area contributed by atoms with Crippen LogP contribution in [0.4, 0.5) is 0 Å². The van der Waals surface area contributed by atoms with Crippen molar-refractivity contribution >= 4 is 31.8 Å². The van der Waals surface area contributed by atoms with Gasteiger partial charge in [0.05, 0.1) is 10.9 Å². The number of aliphatic imine (C=N–C) groups is 1. The van der Waals surface area contributed by atoms with E-state index in [0.717, 1.165) is 6.42 Å². The standard InChI is InChI=1S/C12H15BrN2O2S/c1-8(13)7-9(2)14-12-10-5-3-4-6-11(10)18(16,17)15-12/h3-6,8-9H,7H2,1-2H3,(H,14,15). The number of amidine groups is 1. The molecule has 1 aliphatic heterocycles. The van der Waals surface area contributed by atoms with E-state index in [0.29, 0.717) is 21.1 Å². The number of nitrogens with zero attached hydrogens (tertiary/aromatic N) is 1. The minimum Gasteiger partial charge on any atom is -0.264 e. The van der Waals surface area contributed by atoms with Crippen LogP contribution in [0.25, 0.3) is 0 Å². The normalized spacial score (nSPS) is 22.3. The van der Waals surface area contributed by atoms with Crippen molar-refractivity contribution in [2.45, 2.75) is 36.0 Å². The summed E-state index contributed by atoms with van der Waals surface area (Å²) >= 11 is 3.47. The number of halogens is 1. The van der Waals surface area contributed by atoms with E-state index in [1.54, 1.807) is 18.2 Å². The Morgan fingerprint density at radius 1 is 1.33 bits per heavy atom. The molecule has 2 unspecified atom stereocenters. The van der Waals surface area contributed by atoms with Crippen molar-refractivity contribution < 1.29 is 8.42 Å². The van der Waals surface area contributed by atoms with Crippen molar-refractivity contribution in [1.29, 1.82) is 0 Å². The molecule has 6 heteroatoms. The summed E-state index contributed by atoms with van der Waals surface area (Å²) in [4.78, 5) is 5.11. The van der Waals surface area contributed by atoms with E-state index in [2.05, 4.69) is 25.6 Å². The van der Waals surface area contributed by atoms with Crippen molar-refractivity contribution in [2.75, 3.05) is 0 Å². The quantitative estimate of drug-likeness (QED) is 0.864. The van der Waals surface area contributed by atoms with Gasteiger partial charge in [-0.2, -0.15) is 0 Å². The molecular formula is C12H15BrN2O2S. The second kappa shape index (κ2) is 5.01. The number of alkyl halides is 1. The van der Waals surface area contributed by atoms with E-state index in [1.807, 2.05) is 19.9 Å². The average Bonchev–Trinajstić information content (AvgIpc) is 2.50. The zero-order chi connectivity index (χ0) is 13.3. The molecule has 4 nitrogen and oxygen atoms in total. The Kier molecular flexibility index (Phi) is 3.77. The Labute approximate surface area is 116 Å². The van der Waals surface area contributed by atoms with Crippen LogP contribution in [0.2, 0.25) is 0 Å². The number of hydrogen-bond donors (Lipinski definition) is 1. The van der Waals surface area contributed by atoms with Crippen LogP contribution in [-0.4, -0.2) is 25.1 Å². The van der Waals surface area contributed by atoms with Crippen LogP contribution in [0.15, 0.2) is 34.2 Å². The number of sulfonamides is 1. The van der Waals surface area contributed by atoms with E-state index in [1.165, 1.54) is 0 Å². The number of hydrogen-bond acceptors (Lipinski definition) is 3. The van der Waals surface area contributed by atoms with Crippen LogP contribution in [0.1, 0.15) is 25.8 Å². The van der Waals surface area contributed by atoms with Crippen LogP contribution < -0.4 is 4.72 Å². The highest BCUT2D eigenvalue weighted by Gasteiger charge is 2.30. The van der Waals surface area contributed by atoms with E-state index in [9.17, 15) is 8.42 Å². The third kappa shape index (κ3) is 2.75. The molecule has 1 aliphatic rings. The molecule has 2 rings (SSSR count). The fourth-order valence-electron chi connectivity index (χ4n) is 1.97. The molecule has 1 heterocycles. The average molecular weight is 331 g/mol. The summed E-state index contributed by atoms with van der Waals surface area (Å²) < 4.78 is 26.2. The Balaban J connectivity index is 2.36. The highest BCUT2D eigenvalue weighted by atomic mass is 79.9. The van der Waals surface area contributed by atoms with Gasteiger partial charge in [-0.05, 0) is 25.5 Å². The molecule has 0 aromatic heterocycles. The molecule has 0 fully saturated rings. The smallest absolute Gasteiger partial charge is 0.263 e. The predicted octanol–water partition coefficient (Wildman–Crippen LogP) is 2.29. The topological polar surface area (TPSA) is 58.5 Å². The first-order valence-corrected chi connectivity index (χ1v) is 8.14. The fraction of sp³-hybridized carbons (Fsp3) is 0.417. The van der Waals surface area contributed by atoms with E-state index >= 15 is 0 Å². The van der Waals surface area contributed by atoms with Crippen molar-refractivity contribution in [3.63, 3.8) is 0 Å². The second-order valence-electron chi connectivity index (χ2n) is 4.44. The lowest BCUT2D eigenvalue weighted by Gasteiger charge is -2.09. The lowest BCUT2D eigenvalue weighted by Crippen LogP contribution is -2.24. The molecule has 1 aromatic rings. The molecule has 0 saturated heterocycles. The molecule has 0 bridgehead atoms. The first kappa shape index (κ1) is 13.5. The van der Waals surface area contributed by atoms with Gasteiger partial charge < -0.3 is 0 Å². The molecule has 1 aromatic carbocycles. The largest absolute Gasteiger partial charge is 0.264 e. The maximum Gasteiger partial charge on any atom is 0.263 e. The van der Waals surface area contributed by atoms with Gasteiger partial charge in [0, 0.05) is 10.4 Å². The molecule has 0 spiro atoms. The Hall–Kier alpha value is -0.880. The van der Waals surface area contributed by atoms with Gasteiger partial charge in [0.25, 0.3) is 10.0 Å². The molecule has 0 saturated carbocycles. The van der Waals surface area contributed by atoms with Gasteiger partial charge in [0.2, 0.25) is 0 Å². The fourth-order valence-corrected chi connectivity index (χ4v) is 3.75. The molecule has 18 heavy (non-hydrogen) atoms. The summed E-state index contributed by atoms with van der Waals surface area (Å²) in [5.74, 6) is 0.450. The minimum absolute atomic E-state index is 0.0585. The summed E-state index contributed by atoms with van der Waals surface area (Å²) in [6, 6.07) is 6.95. The maximum atomic E-state index is 11.9. The van der Waals surface area contributed by atoms with E-state index in [-0.39, 0.29) is 6.04 Å². The highest BCUT2D eigenvalue weighted by Crippen LogP contribution is 2.23. The lowest BCUT2D eigenvalue weighted by molar-refractivity contribution is 0.594. The summed E-state index contributed by atoms with van der Waals surface area (Å²) in [5, 5.41) is 0. The molecule has 98 valence electrons. The van der Waals surface area contributed by atoms with Gasteiger partial charge in [-0.3, -0.25) is 9.71 Å². The number of fused-ring (bicyclic) bond motifs is 1. The second-order valence-corrected chi connectivity index (χ2v) is 7.66. The molecule has 1 N–H and O–H groups in total. The Morgan fingerprint density at radius 3 is 2.67 bits per heavy atom. The Morgan fingerprint density at radius 2 is 2.00 bits per heavy atom. The van der Waals surface area contributed by atoms with Gasteiger partial charge in [0.15, 0.2) is 0 Å². The van der Waals surface area contributed by atoms with Crippen molar-refractivity contribution in [2.24, 2.45) is 4.99 Å². The van der Waals surface area contributed by atoms with Gasteiger partial charge in [-0.25, -0.2) is 8.42 Å². The van der Waals surface area contributed by atoms with Crippen molar-refractivity contribution in [3.8, 4) is 0 Å². The molecular weight excluding hydrogens is 316 g/mol. The SMILES string of the molecule is CC(Br)CC(C)N=C1NS(=O)(=O)c2ccccc21. The summed E-state index contributed by atoms with van der Waals surface area (Å²) in [6.07, 6.45) is 0.855. The third-order valence-corrected chi connectivity index (χ3v) is 4.45. The van der Waals surface area contributed by atoms with Crippen LogP contribution in [0, 0.1) is 0 Å². The van der Waals surface area contributed by atoms with E-state index in [4.69, 9.17) is 0 Å². The summed E-state index contributed by atoms with van der Waals surface area (Å²) in [7, 11) is -3.42. The molecule has 0 radical (unpaired) electrons. The summed E-state index contributed by atoms with van der Waals surface area (Å²) in [5.41, 5.74) is 0.659. The minimum atomic E-state index is -3.42. The van der Waals surface area contributed by atoms with Gasteiger partial charge in [0.1, 0.15) is 5.84 Å². The van der Waals surface area contributed by atoms with Gasteiger partial charge in [-0.15, -0.1) is 0 Å². The Bertz CT molecular complexity index is 581. The van der Waals surface area contributed by atoms with E-state index < -0.39 is 10.0 Å². The molecule has 2 atom stereocenters. The highest BCUT2D eigenvalue weighted by molar-refractivity contribution is 9.09. The maximum absolute atomic E-state index is 11.9. The third-order valence-electron chi connectivity index (χ3n) is 2.68. The zero-order valence-corrected chi connectivity index (χ0v) is 12.6. The van der Waals surface area contributed by atoms with Crippen LogP contribution >= 0.6 is 15.9 Å². The lowest BCUT2D eigenvalue weighted by atomic mass is 10.2. The zero-order valence-electron chi connectivity index (χ0n) is 10.2. The molecule has 0 aliphatic carbocycles. The van der Waals surface area contributed by atoms with Gasteiger partial charge in [-0.1, -0.05) is 35.0 Å². The van der Waals surface area contributed by atoms with Crippen LogP contribution in [0.5, 0.6) is 0 Å². The number of rotatable bonds is 3. The first-order chi connectivity index (χ1) is 8.40.